The molecule has 3 N–H and O–H groups in total. The Labute approximate surface area is 101 Å². The lowest BCUT2D eigenvalue weighted by molar-refractivity contribution is 1.25. The Morgan fingerprint density at radius 3 is 2.50 bits per heavy atom. The van der Waals surface area contributed by atoms with Crippen molar-refractivity contribution >= 4 is 18.1 Å². The van der Waals surface area contributed by atoms with Gasteiger partial charge in [0.1, 0.15) is 0 Å². The van der Waals surface area contributed by atoms with Gasteiger partial charge < -0.3 is 5.43 Å². The number of fused-ring (bicyclic) bond motifs is 3. The van der Waals surface area contributed by atoms with Crippen LogP contribution in [0.5, 0.6) is 0 Å². The highest BCUT2D eigenvalue weighted by Crippen LogP contribution is 2.37. The summed E-state index contributed by atoms with van der Waals surface area (Å²) in [7, 11) is 0. The molecule has 0 atom stereocenters. The lowest BCUT2D eigenvalue weighted by Crippen LogP contribution is -2.06. The maximum atomic E-state index is 5.40. The van der Waals surface area contributed by atoms with E-state index in [9.17, 15) is 0 Å². The summed E-state index contributed by atoms with van der Waals surface area (Å²) < 4.78 is 0. The van der Waals surface area contributed by atoms with Crippen molar-refractivity contribution < 1.29 is 0 Å². The van der Waals surface area contributed by atoms with Crippen molar-refractivity contribution in [2.45, 2.75) is 6.42 Å². The van der Waals surface area contributed by atoms with Crippen LogP contribution in [0.2, 0.25) is 0 Å². The van der Waals surface area contributed by atoms with Crippen LogP contribution in [0.1, 0.15) is 11.1 Å². The summed E-state index contributed by atoms with van der Waals surface area (Å²) in [6.07, 6.45) is 1.01. The Morgan fingerprint density at radius 2 is 1.69 bits per heavy atom. The summed E-state index contributed by atoms with van der Waals surface area (Å²) in [4.78, 5) is 0. The van der Waals surface area contributed by atoms with Crippen LogP contribution in [0.4, 0.5) is 5.69 Å². The number of hydrazine groups is 1. The average molecular weight is 233 g/mol. The van der Waals surface area contributed by atoms with Crippen molar-refractivity contribution in [2.24, 2.45) is 5.84 Å². The number of rotatable bonds is 1. The monoisotopic (exact) mass is 232 g/mol. The Balaban J connectivity index is 0.000000963. The molecule has 0 bridgehead atoms. The topological polar surface area (TPSA) is 38.0 Å². The van der Waals surface area contributed by atoms with Crippen LogP contribution in [0.15, 0.2) is 42.5 Å². The number of nitrogens with one attached hydrogen (secondary N) is 1. The number of anilines is 1. The lowest BCUT2D eigenvalue weighted by atomic mass is 10.1. The highest BCUT2D eigenvalue weighted by molar-refractivity contribution is 5.85. The number of halogens is 1. The van der Waals surface area contributed by atoms with Crippen LogP contribution in [-0.2, 0) is 6.42 Å². The summed E-state index contributed by atoms with van der Waals surface area (Å²) in [6.45, 7) is 0. The van der Waals surface area contributed by atoms with E-state index in [0.29, 0.717) is 0 Å². The van der Waals surface area contributed by atoms with Gasteiger partial charge in [-0.05, 0) is 40.8 Å². The molecule has 0 unspecified atom stereocenters. The first kappa shape index (κ1) is 11.0. The van der Waals surface area contributed by atoms with Crippen LogP contribution < -0.4 is 11.3 Å². The SMILES string of the molecule is Cl.NNc1ccc2c(c1)Cc1ccccc1-2. The van der Waals surface area contributed by atoms with E-state index >= 15 is 0 Å². The van der Waals surface area contributed by atoms with Crippen LogP contribution >= 0.6 is 12.4 Å². The zero-order chi connectivity index (χ0) is 10.3. The Hall–Kier alpha value is -1.51. The number of hydrogen-bond acceptors (Lipinski definition) is 2. The second-order valence-electron chi connectivity index (χ2n) is 3.85. The minimum atomic E-state index is 0. The molecule has 0 saturated carbocycles. The molecule has 2 nitrogen and oxygen atoms in total. The van der Waals surface area contributed by atoms with Gasteiger partial charge in [-0.15, -0.1) is 12.4 Å². The lowest BCUT2D eigenvalue weighted by Gasteiger charge is -2.03. The van der Waals surface area contributed by atoms with Gasteiger partial charge >= 0.3 is 0 Å². The predicted octanol–water partition coefficient (Wildman–Crippen LogP) is 2.97. The van der Waals surface area contributed by atoms with Crippen LogP contribution in [0.3, 0.4) is 0 Å². The maximum absolute atomic E-state index is 5.40. The third kappa shape index (κ3) is 1.56. The van der Waals surface area contributed by atoms with Crippen LogP contribution in [0.25, 0.3) is 11.1 Å². The number of nitrogens with two attached hydrogens (primary N) is 1. The first-order valence-corrected chi connectivity index (χ1v) is 5.06. The quantitative estimate of drug-likeness (QED) is 0.500. The zero-order valence-corrected chi connectivity index (χ0v) is 9.55. The van der Waals surface area contributed by atoms with E-state index in [2.05, 4.69) is 41.8 Å². The fourth-order valence-corrected chi connectivity index (χ4v) is 2.23. The second kappa shape index (κ2) is 4.16. The van der Waals surface area contributed by atoms with Gasteiger partial charge in [0.15, 0.2) is 0 Å². The van der Waals surface area contributed by atoms with Gasteiger partial charge in [0.25, 0.3) is 0 Å². The fraction of sp³-hybridized carbons (Fsp3) is 0.0769. The molecule has 0 amide bonds. The molecule has 2 aromatic carbocycles. The first-order valence-electron chi connectivity index (χ1n) is 5.06. The smallest absolute Gasteiger partial charge is 0.0488 e. The van der Waals surface area contributed by atoms with Crippen molar-refractivity contribution in [3.8, 4) is 11.1 Å². The molecular weight excluding hydrogens is 220 g/mol. The molecule has 0 heterocycles. The van der Waals surface area contributed by atoms with Crippen LogP contribution in [0, 0.1) is 0 Å². The van der Waals surface area contributed by atoms with Gasteiger partial charge in [-0.1, -0.05) is 30.3 Å². The molecule has 3 rings (SSSR count). The van der Waals surface area contributed by atoms with Crippen molar-refractivity contribution in [3.05, 3.63) is 53.6 Å². The van der Waals surface area contributed by atoms with Gasteiger partial charge in [0.05, 0.1) is 0 Å². The third-order valence-corrected chi connectivity index (χ3v) is 2.96. The average Bonchev–Trinajstić information content (AvgIpc) is 2.66. The molecule has 3 heteroatoms. The van der Waals surface area contributed by atoms with E-state index in [0.717, 1.165) is 12.1 Å². The van der Waals surface area contributed by atoms with Crippen LogP contribution in [-0.4, -0.2) is 0 Å². The van der Waals surface area contributed by atoms with E-state index < -0.39 is 0 Å². The summed E-state index contributed by atoms with van der Waals surface area (Å²) >= 11 is 0. The minimum Gasteiger partial charge on any atom is -0.324 e. The standard InChI is InChI=1S/C13H12N2.ClH/c14-15-11-5-6-13-10(8-11)7-9-3-1-2-4-12(9)13;/h1-6,8,15H,7,14H2;1H. The van der Waals surface area contributed by atoms with Crippen molar-refractivity contribution in [1.82, 2.24) is 0 Å². The Kier molecular flexibility index (Phi) is 2.86. The van der Waals surface area contributed by atoms with Gasteiger partial charge in [0, 0.05) is 5.69 Å². The van der Waals surface area contributed by atoms with Gasteiger partial charge in [-0.2, -0.15) is 0 Å². The summed E-state index contributed by atoms with van der Waals surface area (Å²) in [5.41, 5.74) is 9.11. The van der Waals surface area contributed by atoms with Crippen molar-refractivity contribution in [2.75, 3.05) is 5.43 Å². The third-order valence-electron chi connectivity index (χ3n) is 2.96. The number of hydrogen-bond donors (Lipinski definition) is 2. The van der Waals surface area contributed by atoms with Crippen molar-refractivity contribution in [1.29, 1.82) is 0 Å². The molecule has 0 spiro atoms. The van der Waals surface area contributed by atoms with E-state index in [1.807, 2.05) is 6.07 Å². The molecule has 1 aliphatic carbocycles. The fourth-order valence-electron chi connectivity index (χ4n) is 2.23. The summed E-state index contributed by atoms with van der Waals surface area (Å²) in [6, 6.07) is 14.8. The molecule has 0 aliphatic heterocycles. The molecule has 0 fully saturated rings. The Bertz CT molecular complexity index is 523. The summed E-state index contributed by atoms with van der Waals surface area (Å²) in [5, 5.41) is 0. The molecule has 0 saturated heterocycles. The van der Waals surface area contributed by atoms with Gasteiger partial charge in [-0.25, -0.2) is 0 Å². The molecular formula is C13H13ClN2. The molecule has 0 radical (unpaired) electrons. The molecule has 1 aliphatic rings. The maximum Gasteiger partial charge on any atom is 0.0488 e. The molecule has 16 heavy (non-hydrogen) atoms. The van der Waals surface area contributed by atoms with E-state index in [1.165, 1.54) is 22.3 Å². The van der Waals surface area contributed by atoms with E-state index in [1.54, 1.807) is 0 Å². The Morgan fingerprint density at radius 1 is 0.938 bits per heavy atom. The second-order valence-corrected chi connectivity index (χ2v) is 3.85. The minimum absolute atomic E-state index is 0. The van der Waals surface area contributed by atoms with E-state index in [-0.39, 0.29) is 12.4 Å². The van der Waals surface area contributed by atoms with Gasteiger partial charge in [0.2, 0.25) is 0 Å². The number of nitrogen functional groups attached to an aromatic ring is 1. The number of benzene rings is 2. The molecule has 2 aromatic rings. The largest absolute Gasteiger partial charge is 0.324 e. The van der Waals surface area contributed by atoms with E-state index in [4.69, 9.17) is 5.84 Å². The first-order chi connectivity index (χ1) is 7.38. The zero-order valence-electron chi connectivity index (χ0n) is 8.73. The summed E-state index contributed by atoms with van der Waals surface area (Å²) in [5.74, 6) is 5.40. The van der Waals surface area contributed by atoms with Gasteiger partial charge in [-0.3, -0.25) is 5.84 Å². The molecule has 82 valence electrons. The highest BCUT2D eigenvalue weighted by atomic mass is 35.5. The normalized spacial score (nSPS) is 11.3. The van der Waals surface area contributed by atoms with Crippen molar-refractivity contribution in [3.63, 3.8) is 0 Å². The highest BCUT2D eigenvalue weighted by Gasteiger charge is 2.17. The predicted molar refractivity (Wildman–Crippen MR) is 69.7 cm³/mol. The molecule has 0 aromatic heterocycles.